The number of amides is 2. The first-order chi connectivity index (χ1) is 8.08. The van der Waals surface area contributed by atoms with E-state index in [9.17, 15) is 9.59 Å². The number of rotatable bonds is 3. The van der Waals surface area contributed by atoms with Gasteiger partial charge in [-0.3, -0.25) is 9.59 Å². The summed E-state index contributed by atoms with van der Waals surface area (Å²) in [7, 11) is 0. The minimum absolute atomic E-state index is 0.0112. The smallest absolute Gasteiger partial charge is 0.223 e. The van der Waals surface area contributed by atoms with Crippen molar-refractivity contribution in [1.29, 1.82) is 0 Å². The lowest BCUT2D eigenvalue weighted by Crippen LogP contribution is -2.28. The zero-order chi connectivity index (χ0) is 12.4. The van der Waals surface area contributed by atoms with Crippen molar-refractivity contribution in [2.24, 2.45) is 11.7 Å². The van der Waals surface area contributed by atoms with E-state index in [0.717, 1.165) is 11.1 Å². The fourth-order valence-corrected chi connectivity index (χ4v) is 2.11. The molecule has 1 atom stereocenters. The summed E-state index contributed by atoms with van der Waals surface area (Å²) in [5.74, 6) is -0.700. The van der Waals surface area contributed by atoms with Crippen molar-refractivity contribution >= 4 is 11.8 Å². The van der Waals surface area contributed by atoms with Crippen LogP contribution in [0.3, 0.4) is 0 Å². The number of carbonyl (C=O) groups is 2. The van der Waals surface area contributed by atoms with Crippen molar-refractivity contribution in [2.75, 3.05) is 6.54 Å². The molecule has 0 aliphatic carbocycles. The predicted octanol–water partition coefficient (Wildman–Crippen LogP) is 0.829. The second-order valence-electron chi connectivity index (χ2n) is 4.50. The average Bonchev–Trinajstić information content (AvgIpc) is 2.64. The van der Waals surface area contributed by atoms with Crippen molar-refractivity contribution in [2.45, 2.75) is 19.9 Å². The molecule has 0 radical (unpaired) electrons. The summed E-state index contributed by atoms with van der Waals surface area (Å²) in [6.45, 7) is 3.03. The minimum Gasteiger partial charge on any atom is -0.369 e. The monoisotopic (exact) mass is 232 g/mol. The first-order valence-electron chi connectivity index (χ1n) is 5.69. The molecule has 17 heavy (non-hydrogen) atoms. The molecule has 4 nitrogen and oxygen atoms in total. The SMILES string of the molecule is Cc1ccccc1CN1CC(C(N)=O)CC1=O. The number of primary amides is 1. The molecule has 0 spiro atoms. The van der Waals surface area contributed by atoms with Crippen LogP contribution in [0.15, 0.2) is 24.3 Å². The summed E-state index contributed by atoms with van der Waals surface area (Å²) >= 11 is 0. The summed E-state index contributed by atoms with van der Waals surface area (Å²) in [5.41, 5.74) is 7.50. The first kappa shape index (κ1) is 11.6. The Balaban J connectivity index is 2.08. The van der Waals surface area contributed by atoms with Gasteiger partial charge in [0, 0.05) is 19.5 Å². The maximum atomic E-state index is 11.7. The van der Waals surface area contributed by atoms with E-state index in [1.807, 2.05) is 31.2 Å². The van der Waals surface area contributed by atoms with Crippen molar-refractivity contribution in [3.8, 4) is 0 Å². The van der Waals surface area contributed by atoms with Crippen molar-refractivity contribution in [3.05, 3.63) is 35.4 Å². The highest BCUT2D eigenvalue weighted by Gasteiger charge is 2.32. The minimum atomic E-state index is -0.384. The largest absolute Gasteiger partial charge is 0.369 e. The molecule has 1 aromatic carbocycles. The molecule has 1 heterocycles. The molecule has 1 aliphatic heterocycles. The zero-order valence-corrected chi connectivity index (χ0v) is 9.85. The maximum Gasteiger partial charge on any atom is 0.223 e. The summed E-state index contributed by atoms with van der Waals surface area (Å²) in [5, 5.41) is 0. The maximum absolute atomic E-state index is 11.7. The molecule has 1 unspecified atom stereocenters. The molecule has 90 valence electrons. The van der Waals surface area contributed by atoms with E-state index in [1.54, 1.807) is 4.90 Å². The molecule has 0 aromatic heterocycles. The molecule has 1 saturated heterocycles. The van der Waals surface area contributed by atoms with Crippen LogP contribution in [0.5, 0.6) is 0 Å². The number of benzene rings is 1. The number of hydrogen-bond donors (Lipinski definition) is 1. The Kier molecular flexibility index (Phi) is 3.13. The molecule has 2 amide bonds. The van der Waals surface area contributed by atoms with Gasteiger partial charge in [-0.2, -0.15) is 0 Å². The van der Waals surface area contributed by atoms with Crippen molar-refractivity contribution < 1.29 is 9.59 Å². The fraction of sp³-hybridized carbons (Fsp3) is 0.385. The van der Waals surface area contributed by atoms with E-state index in [-0.39, 0.29) is 24.2 Å². The topological polar surface area (TPSA) is 63.4 Å². The standard InChI is InChI=1S/C13H16N2O2/c1-9-4-2-3-5-10(9)7-15-8-11(13(14)17)6-12(15)16/h2-5,11H,6-8H2,1H3,(H2,14,17). The second-order valence-corrected chi connectivity index (χ2v) is 4.50. The highest BCUT2D eigenvalue weighted by Crippen LogP contribution is 2.20. The number of carbonyl (C=O) groups excluding carboxylic acids is 2. The molecule has 2 rings (SSSR count). The third kappa shape index (κ3) is 2.46. The normalized spacial score (nSPS) is 19.7. The Hall–Kier alpha value is -1.84. The lowest BCUT2D eigenvalue weighted by molar-refractivity contribution is -0.128. The highest BCUT2D eigenvalue weighted by atomic mass is 16.2. The van der Waals surface area contributed by atoms with E-state index in [2.05, 4.69) is 0 Å². The van der Waals surface area contributed by atoms with Crippen LogP contribution in [0.2, 0.25) is 0 Å². The van der Waals surface area contributed by atoms with Crippen LogP contribution in [0.4, 0.5) is 0 Å². The van der Waals surface area contributed by atoms with E-state index < -0.39 is 0 Å². The Bertz CT molecular complexity index is 456. The van der Waals surface area contributed by atoms with Crippen LogP contribution in [-0.2, 0) is 16.1 Å². The summed E-state index contributed by atoms with van der Waals surface area (Å²) in [6, 6.07) is 7.94. The van der Waals surface area contributed by atoms with Gasteiger partial charge in [0.25, 0.3) is 0 Å². The fourth-order valence-electron chi connectivity index (χ4n) is 2.11. The number of nitrogens with zero attached hydrogens (tertiary/aromatic N) is 1. The summed E-state index contributed by atoms with van der Waals surface area (Å²) in [4.78, 5) is 24.5. The van der Waals surface area contributed by atoms with Crippen molar-refractivity contribution in [1.82, 2.24) is 4.90 Å². The van der Waals surface area contributed by atoms with E-state index in [1.165, 1.54) is 0 Å². The van der Waals surface area contributed by atoms with Gasteiger partial charge >= 0.3 is 0 Å². The number of nitrogens with two attached hydrogens (primary N) is 1. The molecule has 0 bridgehead atoms. The molecule has 1 aromatic rings. The molecule has 2 N–H and O–H groups in total. The zero-order valence-electron chi connectivity index (χ0n) is 9.85. The number of hydrogen-bond acceptors (Lipinski definition) is 2. The predicted molar refractivity (Wildman–Crippen MR) is 63.9 cm³/mol. The number of aryl methyl sites for hydroxylation is 1. The lowest BCUT2D eigenvalue weighted by Gasteiger charge is -2.17. The Morgan fingerprint density at radius 2 is 2.18 bits per heavy atom. The quantitative estimate of drug-likeness (QED) is 0.839. The van der Waals surface area contributed by atoms with Crippen LogP contribution in [0, 0.1) is 12.8 Å². The molecule has 1 aliphatic rings. The van der Waals surface area contributed by atoms with Crippen LogP contribution in [-0.4, -0.2) is 23.3 Å². The van der Waals surface area contributed by atoms with Gasteiger partial charge in [-0.1, -0.05) is 24.3 Å². The average molecular weight is 232 g/mol. The van der Waals surface area contributed by atoms with Crippen molar-refractivity contribution in [3.63, 3.8) is 0 Å². The van der Waals surface area contributed by atoms with Gasteiger partial charge in [0.05, 0.1) is 5.92 Å². The third-order valence-corrected chi connectivity index (χ3v) is 3.24. The molecular weight excluding hydrogens is 216 g/mol. The van der Waals surface area contributed by atoms with Crippen LogP contribution in [0.1, 0.15) is 17.5 Å². The third-order valence-electron chi connectivity index (χ3n) is 3.24. The number of likely N-dealkylation sites (tertiary alicyclic amines) is 1. The Labute approximate surface area is 100 Å². The Morgan fingerprint density at radius 1 is 1.47 bits per heavy atom. The van der Waals surface area contributed by atoms with E-state index in [4.69, 9.17) is 5.73 Å². The molecular formula is C13H16N2O2. The van der Waals surface area contributed by atoms with Gasteiger partial charge in [-0.15, -0.1) is 0 Å². The van der Waals surface area contributed by atoms with E-state index >= 15 is 0 Å². The molecule has 1 fully saturated rings. The van der Waals surface area contributed by atoms with Crippen LogP contribution in [0.25, 0.3) is 0 Å². The first-order valence-corrected chi connectivity index (χ1v) is 5.69. The molecule has 4 heteroatoms. The van der Waals surface area contributed by atoms with Gasteiger partial charge in [0.15, 0.2) is 0 Å². The molecule has 0 saturated carbocycles. The van der Waals surface area contributed by atoms with Crippen LogP contribution >= 0.6 is 0 Å². The lowest BCUT2D eigenvalue weighted by atomic mass is 10.1. The highest BCUT2D eigenvalue weighted by molar-refractivity contribution is 5.88. The van der Waals surface area contributed by atoms with Gasteiger partial charge in [0.1, 0.15) is 0 Å². The summed E-state index contributed by atoms with van der Waals surface area (Å²) in [6.07, 6.45) is 0.251. The van der Waals surface area contributed by atoms with Gasteiger partial charge in [-0.25, -0.2) is 0 Å². The van der Waals surface area contributed by atoms with Crippen LogP contribution < -0.4 is 5.73 Å². The van der Waals surface area contributed by atoms with E-state index in [0.29, 0.717) is 13.1 Å². The summed E-state index contributed by atoms with van der Waals surface area (Å²) < 4.78 is 0. The Morgan fingerprint density at radius 3 is 2.76 bits per heavy atom. The van der Waals surface area contributed by atoms with Gasteiger partial charge < -0.3 is 10.6 Å². The second kappa shape index (κ2) is 4.57. The van der Waals surface area contributed by atoms with Gasteiger partial charge in [0.2, 0.25) is 11.8 Å². The van der Waals surface area contributed by atoms with Gasteiger partial charge in [-0.05, 0) is 18.1 Å².